The number of benzene rings is 5. The SMILES string of the molecule is Nc1ccccc1CCc1c(O)c(CCc2ccccc2)c(CCc2ccccc2Cl)c(CCc2ccccc2[N+](=O)[O-])c1Br. The molecule has 0 atom stereocenters. The number of nitro benzene ring substituents is 1. The van der Waals surface area contributed by atoms with Gasteiger partial charge in [0.25, 0.3) is 5.69 Å². The van der Waals surface area contributed by atoms with Crippen LogP contribution in [0, 0.1) is 10.1 Å². The van der Waals surface area contributed by atoms with Gasteiger partial charge < -0.3 is 10.8 Å². The van der Waals surface area contributed by atoms with Gasteiger partial charge in [-0.3, -0.25) is 10.1 Å². The largest absolute Gasteiger partial charge is 0.507 e. The second-order valence-electron chi connectivity index (χ2n) is 11.2. The van der Waals surface area contributed by atoms with Crippen LogP contribution in [0.1, 0.15) is 44.5 Å². The minimum Gasteiger partial charge on any atom is -0.507 e. The van der Waals surface area contributed by atoms with Gasteiger partial charge in [0, 0.05) is 32.4 Å². The first kappa shape index (κ1) is 32.3. The number of hydrogen-bond donors (Lipinski definition) is 2. The minimum absolute atomic E-state index is 0.120. The molecule has 45 heavy (non-hydrogen) atoms. The summed E-state index contributed by atoms with van der Waals surface area (Å²) in [6, 6.07) is 32.8. The average Bonchev–Trinajstić information content (AvgIpc) is 3.05. The Morgan fingerprint density at radius 2 is 1.16 bits per heavy atom. The highest BCUT2D eigenvalue weighted by Gasteiger charge is 2.24. The normalized spacial score (nSPS) is 11.1. The number of phenols is 1. The van der Waals surface area contributed by atoms with E-state index in [1.807, 2.05) is 78.9 Å². The van der Waals surface area contributed by atoms with Crippen LogP contribution in [0.2, 0.25) is 5.02 Å². The summed E-state index contributed by atoms with van der Waals surface area (Å²) in [5.41, 5.74) is 14.9. The number of phenolic OH excluding ortho intramolecular Hbond substituents is 1. The van der Waals surface area contributed by atoms with E-state index in [0.717, 1.165) is 50.0 Å². The Labute approximate surface area is 278 Å². The molecule has 0 aliphatic carbocycles. The second-order valence-corrected chi connectivity index (χ2v) is 12.4. The van der Waals surface area contributed by atoms with Crippen molar-refractivity contribution in [3.05, 3.63) is 167 Å². The molecule has 0 spiro atoms. The van der Waals surface area contributed by atoms with Crippen LogP contribution in [0.15, 0.2) is 108 Å². The molecule has 0 heterocycles. The first-order valence-corrected chi connectivity index (χ1v) is 16.4. The van der Waals surface area contributed by atoms with Gasteiger partial charge in [-0.2, -0.15) is 0 Å². The lowest BCUT2D eigenvalue weighted by Gasteiger charge is -2.23. The molecule has 3 N–H and O–H groups in total. The number of anilines is 1. The summed E-state index contributed by atoms with van der Waals surface area (Å²) in [6.45, 7) is 0. The van der Waals surface area contributed by atoms with Crippen LogP contribution in [-0.4, -0.2) is 10.0 Å². The number of nitrogens with two attached hydrogens (primary N) is 1. The predicted octanol–water partition coefficient (Wildman–Crippen LogP) is 9.44. The van der Waals surface area contributed by atoms with Gasteiger partial charge in [-0.1, -0.05) is 112 Å². The van der Waals surface area contributed by atoms with Gasteiger partial charge in [0.2, 0.25) is 0 Å². The molecule has 230 valence electrons. The van der Waals surface area contributed by atoms with Crippen molar-refractivity contribution in [3.63, 3.8) is 0 Å². The van der Waals surface area contributed by atoms with E-state index in [2.05, 4.69) is 28.1 Å². The molecule has 5 aromatic rings. The standard InChI is InChI=1S/C38H36BrClN2O3/c39-37-31(24-21-29-14-6-9-17-36(29)42(44)45)30(23-19-27-12-4-7-15-34(27)40)32(22-18-26-10-2-1-3-11-26)38(43)33(37)25-20-28-13-5-8-16-35(28)41/h1-17,43H,18-25,41H2. The first-order chi connectivity index (χ1) is 21.8. The fourth-order valence-corrected chi connectivity index (χ4v) is 7.10. The molecule has 5 nitrogen and oxygen atoms in total. The molecule has 0 bridgehead atoms. The van der Waals surface area contributed by atoms with Crippen molar-refractivity contribution in [3.8, 4) is 5.75 Å². The second kappa shape index (κ2) is 15.2. The van der Waals surface area contributed by atoms with Crippen molar-refractivity contribution < 1.29 is 10.0 Å². The van der Waals surface area contributed by atoms with Crippen molar-refractivity contribution in [2.24, 2.45) is 0 Å². The Kier molecular flexibility index (Phi) is 10.9. The van der Waals surface area contributed by atoms with Gasteiger partial charge in [0.05, 0.1) is 4.92 Å². The molecule has 5 rings (SSSR count). The fraction of sp³-hybridized carbons (Fsp3) is 0.211. The number of nitrogen functional groups attached to an aromatic ring is 1. The van der Waals surface area contributed by atoms with Crippen molar-refractivity contribution >= 4 is 38.9 Å². The zero-order chi connectivity index (χ0) is 31.8. The molecule has 0 radical (unpaired) electrons. The van der Waals surface area contributed by atoms with E-state index in [9.17, 15) is 15.2 Å². The summed E-state index contributed by atoms with van der Waals surface area (Å²) in [6.07, 6.45) is 5.09. The first-order valence-electron chi connectivity index (χ1n) is 15.2. The Hall–Kier alpha value is -4.13. The Morgan fingerprint density at radius 3 is 1.87 bits per heavy atom. The van der Waals surface area contributed by atoms with Crippen molar-refractivity contribution in [2.45, 2.75) is 51.4 Å². The quantitative estimate of drug-likeness (QED) is 0.0735. The van der Waals surface area contributed by atoms with Crippen LogP contribution in [0.25, 0.3) is 0 Å². The molecule has 0 saturated carbocycles. The third-order valence-electron chi connectivity index (χ3n) is 8.47. The summed E-state index contributed by atoms with van der Waals surface area (Å²) in [7, 11) is 0. The lowest BCUT2D eigenvalue weighted by molar-refractivity contribution is -0.385. The van der Waals surface area contributed by atoms with E-state index < -0.39 is 0 Å². The Bertz CT molecular complexity index is 1790. The third kappa shape index (κ3) is 7.94. The highest BCUT2D eigenvalue weighted by atomic mass is 79.9. The molecule has 0 aliphatic rings. The summed E-state index contributed by atoms with van der Waals surface area (Å²) in [4.78, 5) is 11.5. The molecule has 0 saturated heterocycles. The van der Waals surface area contributed by atoms with Gasteiger partial charge in [-0.15, -0.1) is 0 Å². The van der Waals surface area contributed by atoms with Crippen LogP contribution in [0.4, 0.5) is 11.4 Å². The summed E-state index contributed by atoms with van der Waals surface area (Å²) in [5, 5.41) is 24.5. The highest BCUT2D eigenvalue weighted by Crippen LogP contribution is 2.40. The van der Waals surface area contributed by atoms with Crippen molar-refractivity contribution in [2.75, 3.05) is 5.73 Å². The molecule has 0 aliphatic heterocycles. The van der Waals surface area contributed by atoms with E-state index in [4.69, 9.17) is 17.3 Å². The highest BCUT2D eigenvalue weighted by molar-refractivity contribution is 9.10. The molecule has 0 amide bonds. The van der Waals surface area contributed by atoms with E-state index in [0.29, 0.717) is 61.3 Å². The van der Waals surface area contributed by atoms with Gasteiger partial charge in [0.15, 0.2) is 0 Å². The fourth-order valence-electron chi connectivity index (χ4n) is 6.04. The molecule has 0 fully saturated rings. The number of halogens is 2. The molecule has 7 heteroatoms. The number of rotatable bonds is 13. The predicted molar refractivity (Wildman–Crippen MR) is 187 cm³/mol. The maximum absolute atomic E-state index is 12.0. The zero-order valence-corrected chi connectivity index (χ0v) is 27.4. The van der Waals surface area contributed by atoms with Crippen LogP contribution in [-0.2, 0) is 51.4 Å². The van der Waals surface area contributed by atoms with Crippen LogP contribution in [0.3, 0.4) is 0 Å². The smallest absolute Gasteiger partial charge is 0.272 e. The number of hydrogen-bond acceptors (Lipinski definition) is 4. The van der Waals surface area contributed by atoms with Crippen LogP contribution >= 0.6 is 27.5 Å². The van der Waals surface area contributed by atoms with Crippen LogP contribution < -0.4 is 5.73 Å². The number of aryl methyl sites for hydroxylation is 4. The van der Waals surface area contributed by atoms with E-state index in [-0.39, 0.29) is 10.6 Å². The molecular formula is C38H36BrClN2O3. The number of para-hydroxylation sites is 2. The summed E-state index contributed by atoms with van der Waals surface area (Å²) < 4.78 is 0.853. The summed E-state index contributed by atoms with van der Waals surface area (Å²) in [5.74, 6) is 0.302. The minimum atomic E-state index is -0.319. The van der Waals surface area contributed by atoms with Crippen molar-refractivity contribution in [1.82, 2.24) is 0 Å². The molecule has 0 aromatic heterocycles. The zero-order valence-electron chi connectivity index (χ0n) is 25.0. The lowest BCUT2D eigenvalue weighted by Crippen LogP contribution is -2.11. The van der Waals surface area contributed by atoms with E-state index in [1.54, 1.807) is 12.1 Å². The Morgan fingerprint density at radius 1 is 0.622 bits per heavy atom. The van der Waals surface area contributed by atoms with Gasteiger partial charge in [0.1, 0.15) is 5.75 Å². The van der Waals surface area contributed by atoms with E-state index in [1.165, 1.54) is 5.56 Å². The monoisotopic (exact) mass is 682 g/mol. The third-order valence-corrected chi connectivity index (χ3v) is 9.80. The Balaban J connectivity index is 1.59. The maximum Gasteiger partial charge on any atom is 0.272 e. The van der Waals surface area contributed by atoms with Crippen molar-refractivity contribution in [1.29, 1.82) is 0 Å². The lowest BCUT2D eigenvalue weighted by atomic mass is 9.85. The average molecular weight is 684 g/mol. The molecule has 0 unspecified atom stereocenters. The number of nitro groups is 1. The molecule has 5 aromatic carbocycles. The van der Waals surface area contributed by atoms with Gasteiger partial charge in [-0.25, -0.2) is 0 Å². The molecular weight excluding hydrogens is 648 g/mol. The maximum atomic E-state index is 12.0. The van der Waals surface area contributed by atoms with Crippen LogP contribution in [0.5, 0.6) is 5.75 Å². The van der Waals surface area contributed by atoms with E-state index >= 15 is 0 Å². The van der Waals surface area contributed by atoms with Gasteiger partial charge >= 0.3 is 0 Å². The topological polar surface area (TPSA) is 89.4 Å². The summed E-state index contributed by atoms with van der Waals surface area (Å²) >= 11 is 10.5. The van der Waals surface area contributed by atoms with Gasteiger partial charge in [-0.05, 0) is 96.9 Å². The number of aromatic hydroxyl groups is 1. The number of nitrogens with zero attached hydrogens (tertiary/aromatic N) is 1.